The molecule has 30 heavy (non-hydrogen) atoms. The molecule has 1 atom stereocenters. The number of aryl methyl sites for hydroxylation is 2. The van der Waals surface area contributed by atoms with Gasteiger partial charge in [-0.1, -0.05) is 24.2 Å². The summed E-state index contributed by atoms with van der Waals surface area (Å²) in [4.78, 5) is 4.70. The average Bonchev–Trinajstić information content (AvgIpc) is 3.29. The van der Waals surface area contributed by atoms with Crippen LogP contribution in [0.1, 0.15) is 68.6 Å². The maximum absolute atomic E-state index is 13.1. The van der Waals surface area contributed by atoms with Gasteiger partial charge in [-0.3, -0.25) is 0 Å². The number of nitrogens with zero attached hydrogens (tertiary/aromatic N) is 4. The first-order valence-corrected chi connectivity index (χ1v) is 12.0. The molecule has 0 N–H and O–H groups in total. The Kier molecular flexibility index (Phi) is 5.75. The molecule has 2 aliphatic heterocycles. The molecule has 1 spiro atoms. The van der Waals surface area contributed by atoms with Crippen molar-refractivity contribution < 1.29 is 22.2 Å². The first-order valence-electron chi connectivity index (χ1n) is 10.6. The van der Waals surface area contributed by atoms with Crippen molar-refractivity contribution >= 4 is 10.0 Å². The highest BCUT2D eigenvalue weighted by molar-refractivity contribution is 7.89. The molecular formula is C20H30N4O5S. The smallest absolute Gasteiger partial charge is 0.248 e. The van der Waals surface area contributed by atoms with Crippen LogP contribution >= 0.6 is 0 Å². The lowest BCUT2D eigenvalue weighted by Gasteiger charge is -2.45. The third-order valence-electron chi connectivity index (χ3n) is 6.24. The molecule has 4 rings (SSSR count). The molecule has 2 fully saturated rings. The van der Waals surface area contributed by atoms with Crippen LogP contribution in [0, 0.1) is 19.8 Å². The van der Waals surface area contributed by atoms with Crippen molar-refractivity contribution in [2.24, 2.45) is 5.92 Å². The molecule has 2 aromatic rings. The van der Waals surface area contributed by atoms with E-state index in [0.29, 0.717) is 55.8 Å². The Morgan fingerprint density at radius 1 is 1.17 bits per heavy atom. The van der Waals surface area contributed by atoms with Gasteiger partial charge in [-0.25, -0.2) is 8.42 Å². The fraction of sp³-hybridized carbons (Fsp3) is 0.750. The number of hydrogen-bond donors (Lipinski definition) is 0. The number of ether oxygens (including phenoxy) is 1. The van der Waals surface area contributed by atoms with Gasteiger partial charge < -0.3 is 13.8 Å². The molecule has 2 aliphatic rings. The molecule has 0 saturated carbocycles. The first kappa shape index (κ1) is 21.5. The van der Waals surface area contributed by atoms with E-state index in [-0.39, 0.29) is 16.4 Å². The molecule has 4 heterocycles. The predicted octanol–water partition coefficient (Wildman–Crippen LogP) is 2.99. The highest BCUT2D eigenvalue weighted by Gasteiger charge is 2.44. The second kappa shape index (κ2) is 8.05. The summed E-state index contributed by atoms with van der Waals surface area (Å²) < 4.78 is 44.3. The van der Waals surface area contributed by atoms with Gasteiger partial charge in [-0.15, -0.1) is 0 Å². The van der Waals surface area contributed by atoms with Crippen molar-refractivity contribution in [2.45, 2.75) is 76.2 Å². The standard InChI is InChI=1S/C20H30N4O5S/c1-13(2)19-21-17(23-29-19)11-16-5-10-27-20(12-16)6-8-24(9-7-20)30(25,26)18-14(3)22-28-15(18)4/h13,16H,5-12H2,1-4H3. The zero-order valence-electron chi connectivity index (χ0n) is 18.0. The van der Waals surface area contributed by atoms with Crippen molar-refractivity contribution in [3.05, 3.63) is 23.2 Å². The maximum atomic E-state index is 13.1. The lowest BCUT2D eigenvalue weighted by Crippen LogP contribution is -2.51. The molecule has 1 unspecified atom stereocenters. The number of hydrogen-bond acceptors (Lipinski definition) is 8. The zero-order valence-corrected chi connectivity index (χ0v) is 18.9. The fourth-order valence-electron chi connectivity index (χ4n) is 4.60. The van der Waals surface area contributed by atoms with Gasteiger partial charge in [-0.05, 0) is 45.4 Å². The summed E-state index contributed by atoms with van der Waals surface area (Å²) in [5, 5.41) is 7.92. The summed E-state index contributed by atoms with van der Waals surface area (Å²) in [5.74, 6) is 2.38. The van der Waals surface area contributed by atoms with Crippen LogP contribution in [0.4, 0.5) is 0 Å². The van der Waals surface area contributed by atoms with Gasteiger partial charge in [0.25, 0.3) is 0 Å². The quantitative estimate of drug-likeness (QED) is 0.700. The Balaban J connectivity index is 1.41. The Bertz CT molecular complexity index is 969. The number of aromatic nitrogens is 3. The Hall–Kier alpha value is -1.78. The summed E-state index contributed by atoms with van der Waals surface area (Å²) in [6.07, 6.45) is 3.96. The number of piperidine rings is 1. The second-order valence-electron chi connectivity index (χ2n) is 8.86. The van der Waals surface area contributed by atoms with E-state index in [9.17, 15) is 8.42 Å². The van der Waals surface area contributed by atoms with E-state index in [2.05, 4.69) is 15.3 Å². The third-order valence-corrected chi connectivity index (χ3v) is 8.39. The van der Waals surface area contributed by atoms with Gasteiger partial charge in [0, 0.05) is 32.0 Å². The predicted molar refractivity (Wildman–Crippen MR) is 107 cm³/mol. The molecule has 166 valence electrons. The van der Waals surface area contributed by atoms with E-state index in [1.807, 2.05) is 13.8 Å². The topological polar surface area (TPSA) is 112 Å². The van der Waals surface area contributed by atoms with Gasteiger partial charge in [0.15, 0.2) is 11.6 Å². The maximum Gasteiger partial charge on any atom is 0.248 e. The van der Waals surface area contributed by atoms with E-state index in [1.54, 1.807) is 13.8 Å². The average molecular weight is 439 g/mol. The van der Waals surface area contributed by atoms with Crippen LogP contribution in [0.2, 0.25) is 0 Å². The summed E-state index contributed by atoms with van der Waals surface area (Å²) in [5.41, 5.74) is 0.126. The van der Waals surface area contributed by atoms with Crippen LogP contribution in [0.3, 0.4) is 0 Å². The third kappa shape index (κ3) is 4.04. The van der Waals surface area contributed by atoms with Crippen LogP contribution in [-0.4, -0.2) is 53.3 Å². The minimum absolute atomic E-state index is 0.193. The van der Waals surface area contributed by atoms with Crippen molar-refractivity contribution in [2.75, 3.05) is 19.7 Å². The second-order valence-corrected chi connectivity index (χ2v) is 10.7. The Morgan fingerprint density at radius 3 is 2.50 bits per heavy atom. The minimum Gasteiger partial charge on any atom is -0.375 e. The molecular weight excluding hydrogens is 408 g/mol. The zero-order chi connectivity index (χ0) is 21.5. The van der Waals surface area contributed by atoms with Crippen molar-refractivity contribution in [3.63, 3.8) is 0 Å². The molecule has 2 saturated heterocycles. The van der Waals surface area contributed by atoms with Gasteiger partial charge >= 0.3 is 0 Å². The molecule has 10 heteroatoms. The SMILES string of the molecule is Cc1noc(C)c1S(=O)(=O)N1CCC2(CC1)CC(Cc1noc(C(C)C)n1)CCO2. The first-order chi connectivity index (χ1) is 14.2. The molecule has 0 bridgehead atoms. The van der Waals surface area contributed by atoms with Crippen molar-refractivity contribution in [1.82, 2.24) is 19.6 Å². The largest absolute Gasteiger partial charge is 0.375 e. The minimum atomic E-state index is -3.61. The van der Waals surface area contributed by atoms with Crippen LogP contribution in [0.5, 0.6) is 0 Å². The van der Waals surface area contributed by atoms with Crippen molar-refractivity contribution in [3.8, 4) is 0 Å². The van der Waals surface area contributed by atoms with Crippen LogP contribution in [-0.2, 0) is 21.2 Å². The van der Waals surface area contributed by atoms with Crippen LogP contribution in [0.15, 0.2) is 13.9 Å². The molecule has 9 nitrogen and oxygen atoms in total. The monoisotopic (exact) mass is 438 g/mol. The normalized spacial score (nSPS) is 22.8. The highest BCUT2D eigenvalue weighted by atomic mass is 32.2. The Labute approximate surface area is 177 Å². The summed E-state index contributed by atoms with van der Waals surface area (Å²) in [6.45, 7) is 8.90. The number of rotatable bonds is 5. The Morgan fingerprint density at radius 2 is 1.90 bits per heavy atom. The van der Waals surface area contributed by atoms with Crippen LogP contribution < -0.4 is 0 Å². The van der Waals surface area contributed by atoms with Crippen LogP contribution in [0.25, 0.3) is 0 Å². The molecule has 0 radical (unpaired) electrons. The summed E-state index contributed by atoms with van der Waals surface area (Å²) in [6, 6.07) is 0. The molecule has 0 amide bonds. The number of sulfonamides is 1. The van der Waals surface area contributed by atoms with Gasteiger partial charge in [0.2, 0.25) is 15.9 Å². The van der Waals surface area contributed by atoms with Gasteiger partial charge in [0.05, 0.1) is 5.60 Å². The van der Waals surface area contributed by atoms with Crippen molar-refractivity contribution in [1.29, 1.82) is 0 Å². The molecule has 0 aliphatic carbocycles. The van der Waals surface area contributed by atoms with Gasteiger partial charge in [0.1, 0.15) is 10.6 Å². The summed E-state index contributed by atoms with van der Waals surface area (Å²) in [7, 11) is -3.61. The van der Waals surface area contributed by atoms with E-state index >= 15 is 0 Å². The molecule has 2 aromatic heterocycles. The lowest BCUT2D eigenvalue weighted by atomic mass is 9.78. The highest BCUT2D eigenvalue weighted by Crippen LogP contribution is 2.40. The van der Waals surface area contributed by atoms with E-state index < -0.39 is 10.0 Å². The summed E-state index contributed by atoms with van der Waals surface area (Å²) >= 11 is 0. The lowest BCUT2D eigenvalue weighted by molar-refractivity contribution is -0.120. The van der Waals surface area contributed by atoms with E-state index in [0.717, 1.165) is 25.1 Å². The van der Waals surface area contributed by atoms with E-state index in [1.165, 1.54) is 4.31 Å². The molecule has 0 aromatic carbocycles. The van der Waals surface area contributed by atoms with E-state index in [4.69, 9.17) is 13.8 Å². The van der Waals surface area contributed by atoms with Gasteiger partial charge in [-0.2, -0.15) is 9.29 Å². The fourth-order valence-corrected chi connectivity index (χ4v) is 6.33.